The van der Waals surface area contributed by atoms with Crippen LogP contribution in [0.1, 0.15) is 12.8 Å². The molecule has 0 aromatic heterocycles. The summed E-state index contributed by atoms with van der Waals surface area (Å²) in [6.45, 7) is -2.23. The van der Waals surface area contributed by atoms with Gasteiger partial charge in [-0.1, -0.05) is 11.6 Å². The van der Waals surface area contributed by atoms with Gasteiger partial charge < -0.3 is 19.7 Å². The lowest BCUT2D eigenvalue weighted by Crippen LogP contribution is -2.42. The highest BCUT2D eigenvalue weighted by molar-refractivity contribution is 6.33. The van der Waals surface area contributed by atoms with Crippen molar-refractivity contribution >= 4 is 35.3 Å². The normalized spacial score (nSPS) is 15.0. The number of rotatable bonds is 5. The number of anilines is 1. The smallest absolute Gasteiger partial charge is 0.422 e. The first-order valence-corrected chi connectivity index (χ1v) is 8.83. The molecule has 7 nitrogen and oxygen atoms in total. The first-order chi connectivity index (χ1) is 13.5. The van der Waals surface area contributed by atoms with Crippen LogP contribution < -0.4 is 5.32 Å². The van der Waals surface area contributed by atoms with Crippen LogP contribution in [0.4, 0.5) is 28.0 Å². The Balaban J connectivity index is 1.72. The lowest BCUT2D eigenvalue weighted by atomic mass is 9.97. The molecule has 1 fully saturated rings. The average molecular weight is 441 g/mol. The van der Waals surface area contributed by atoms with E-state index >= 15 is 0 Å². The third-order valence-corrected chi connectivity index (χ3v) is 4.31. The quantitative estimate of drug-likeness (QED) is 0.560. The number of benzene rings is 1. The van der Waals surface area contributed by atoms with Crippen molar-refractivity contribution in [3.8, 4) is 0 Å². The molecule has 1 aromatic rings. The Morgan fingerprint density at radius 1 is 1.17 bits per heavy atom. The van der Waals surface area contributed by atoms with Crippen molar-refractivity contribution in [1.29, 1.82) is 0 Å². The Kier molecular flexibility index (Phi) is 7.66. The summed E-state index contributed by atoms with van der Waals surface area (Å²) in [6, 6.07) is 3.36. The summed E-state index contributed by atoms with van der Waals surface area (Å²) in [6.07, 6.45) is -5.41. The van der Waals surface area contributed by atoms with Crippen molar-refractivity contribution in [2.24, 2.45) is 5.92 Å². The van der Waals surface area contributed by atoms with Gasteiger partial charge in [0.25, 0.3) is 5.91 Å². The number of hydrogen-bond donors (Lipinski definition) is 1. The SMILES string of the molecule is O=C(COC(=O)C1CCN(C(=O)OCC(F)(F)F)CC1)Nc1ccc(F)cc1Cl. The van der Waals surface area contributed by atoms with Crippen LogP contribution >= 0.6 is 11.6 Å². The van der Waals surface area contributed by atoms with Crippen LogP contribution in [0.3, 0.4) is 0 Å². The number of piperidine rings is 1. The summed E-state index contributed by atoms with van der Waals surface area (Å²) in [5.74, 6) is -2.54. The van der Waals surface area contributed by atoms with Gasteiger partial charge in [-0.25, -0.2) is 9.18 Å². The number of hydrogen-bond acceptors (Lipinski definition) is 5. The largest absolute Gasteiger partial charge is 0.455 e. The van der Waals surface area contributed by atoms with Gasteiger partial charge in [0.1, 0.15) is 5.82 Å². The van der Waals surface area contributed by atoms with Crippen LogP contribution in [0.15, 0.2) is 18.2 Å². The fourth-order valence-corrected chi connectivity index (χ4v) is 2.78. The second-order valence-electron chi connectivity index (χ2n) is 6.21. The Labute approximate surface area is 167 Å². The van der Waals surface area contributed by atoms with E-state index in [4.69, 9.17) is 16.3 Å². The van der Waals surface area contributed by atoms with E-state index in [0.29, 0.717) is 0 Å². The third kappa shape index (κ3) is 7.41. The van der Waals surface area contributed by atoms with Crippen molar-refractivity contribution in [2.75, 3.05) is 31.6 Å². The summed E-state index contributed by atoms with van der Waals surface area (Å²) in [5.41, 5.74) is 0.153. The minimum absolute atomic E-state index is 0.0190. The van der Waals surface area contributed by atoms with Crippen LogP contribution in [0.25, 0.3) is 0 Å². The van der Waals surface area contributed by atoms with Gasteiger partial charge >= 0.3 is 18.2 Å². The number of carbonyl (C=O) groups excluding carboxylic acids is 3. The number of nitrogens with zero attached hydrogens (tertiary/aromatic N) is 1. The van der Waals surface area contributed by atoms with Gasteiger partial charge in [-0.05, 0) is 31.0 Å². The van der Waals surface area contributed by atoms with Crippen molar-refractivity contribution in [1.82, 2.24) is 4.90 Å². The molecule has 1 N–H and O–H groups in total. The van der Waals surface area contributed by atoms with Crippen LogP contribution in [0, 0.1) is 11.7 Å². The summed E-state index contributed by atoms with van der Waals surface area (Å²) >= 11 is 5.78. The molecule has 0 atom stereocenters. The standard InChI is InChI=1S/C17H17ClF4N2O5/c18-12-7-11(19)1-2-13(12)23-14(25)8-28-15(26)10-3-5-24(6-4-10)16(27)29-9-17(20,21)22/h1-2,7,10H,3-6,8-9H2,(H,23,25). The molecular formula is C17H17ClF4N2O5. The lowest BCUT2D eigenvalue weighted by molar-refractivity contribution is -0.163. The molecule has 1 aromatic carbocycles. The molecule has 0 unspecified atom stereocenters. The average Bonchev–Trinajstić information content (AvgIpc) is 2.66. The number of ether oxygens (including phenoxy) is 2. The molecule has 29 heavy (non-hydrogen) atoms. The van der Waals surface area contributed by atoms with Crippen molar-refractivity contribution in [3.05, 3.63) is 29.0 Å². The molecule has 1 aliphatic rings. The van der Waals surface area contributed by atoms with Crippen molar-refractivity contribution in [3.63, 3.8) is 0 Å². The van der Waals surface area contributed by atoms with Crippen molar-refractivity contribution in [2.45, 2.75) is 19.0 Å². The maximum absolute atomic E-state index is 13.0. The Morgan fingerprint density at radius 2 is 1.83 bits per heavy atom. The van der Waals surface area contributed by atoms with E-state index in [1.165, 1.54) is 6.07 Å². The minimum atomic E-state index is -4.61. The fourth-order valence-electron chi connectivity index (χ4n) is 2.56. The molecular weight excluding hydrogens is 424 g/mol. The highest BCUT2D eigenvalue weighted by Gasteiger charge is 2.33. The first kappa shape index (κ1) is 22.7. The molecule has 0 saturated carbocycles. The molecule has 0 bridgehead atoms. The molecule has 0 spiro atoms. The van der Waals surface area contributed by atoms with E-state index in [1.807, 2.05) is 0 Å². The summed E-state index contributed by atoms with van der Waals surface area (Å²) in [7, 11) is 0. The summed E-state index contributed by atoms with van der Waals surface area (Å²) < 4.78 is 58.2. The number of halogens is 5. The fraction of sp³-hybridized carbons (Fsp3) is 0.471. The van der Waals surface area contributed by atoms with Gasteiger partial charge in [0.05, 0.1) is 16.6 Å². The van der Waals surface area contributed by atoms with Gasteiger partial charge in [0, 0.05) is 13.1 Å². The molecule has 160 valence electrons. The number of nitrogens with one attached hydrogen (secondary N) is 1. The van der Waals surface area contributed by atoms with Crippen LogP contribution in [0.5, 0.6) is 0 Å². The predicted octanol–water partition coefficient (Wildman–Crippen LogP) is 3.37. The maximum atomic E-state index is 13.0. The van der Waals surface area contributed by atoms with Crippen LogP contribution in [0.2, 0.25) is 5.02 Å². The predicted molar refractivity (Wildman–Crippen MR) is 92.7 cm³/mol. The molecule has 2 rings (SSSR count). The monoisotopic (exact) mass is 440 g/mol. The van der Waals surface area contributed by atoms with Gasteiger partial charge in [-0.3, -0.25) is 9.59 Å². The molecule has 0 radical (unpaired) electrons. The third-order valence-electron chi connectivity index (χ3n) is 4.00. The van der Waals surface area contributed by atoms with Crippen LogP contribution in [-0.4, -0.2) is 55.3 Å². The van der Waals surface area contributed by atoms with Gasteiger partial charge in [-0.2, -0.15) is 13.2 Å². The summed E-state index contributed by atoms with van der Waals surface area (Å²) in [4.78, 5) is 36.5. The highest BCUT2D eigenvalue weighted by Crippen LogP contribution is 2.23. The van der Waals surface area contributed by atoms with E-state index in [1.54, 1.807) is 0 Å². The molecule has 2 amide bonds. The zero-order valence-corrected chi connectivity index (χ0v) is 15.7. The maximum Gasteiger partial charge on any atom is 0.422 e. The molecule has 12 heteroatoms. The van der Waals surface area contributed by atoms with Crippen molar-refractivity contribution < 1.29 is 41.4 Å². The van der Waals surface area contributed by atoms with Crippen LogP contribution in [-0.2, 0) is 19.1 Å². The number of amides is 2. The highest BCUT2D eigenvalue weighted by atomic mass is 35.5. The molecule has 1 heterocycles. The number of alkyl halides is 3. The van der Waals surface area contributed by atoms with Gasteiger partial charge in [0.2, 0.25) is 0 Å². The Hall–Kier alpha value is -2.56. The second-order valence-corrected chi connectivity index (χ2v) is 6.62. The molecule has 0 aliphatic carbocycles. The minimum Gasteiger partial charge on any atom is -0.455 e. The number of likely N-dealkylation sites (tertiary alicyclic amines) is 1. The van der Waals surface area contributed by atoms with E-state index < -0.39 is 49.1 Å². The zero-order chi connectivity index (χ0) is 21.6. The molecule has 1 saturated heterocycles. The summed E-state index contributed by atoms with van der Waals surface area (Å²) in [5, 5.41) is 2.35. The zero-order valence-electron chi connectivity index (χ0n) is 14.9. The molecule has 1 aliphatic heterocycles. The van der Waals surface area contributed by atoms with E-state index in [9.17, 15) is 31.9 Å². The van der Waals surface area contributed by atoms with E-state index in [-0.39, 0.29) is 36.6 Å². The number of esters is 1. The second kappa shape index (κ2) is 9.77. The lowest BCUT2D eigenvalue weighted by Gasteiger charge is -2.30. The first-order valence-electron chi connectivity index (χ1n) is 8.45. The number of carbonyl (C=O) groups is 3. The van der Waals surface area contributed by atoms with E-state index in [0.717, 1.165) is 17.0 Å². The Morgan fingerprint density at radius 3 is 2.41 bits per heavy atom. The van der Waals surface area contributed by atoms with Gasteiger partial charge in [-0.15, -0.1) is 0 Å². The van der Waals surface area contributed by atoms with Gasteiger partial charge in [0.15, 0.2) is 13.2 Å². The topological polar surface area (TPSA) is 84.9 Å². The Bertz CT molecular complexity index is 767. The van der Waals surface area contributed by atoms with E-state index in [2.05, 4.69) is 10.1 Å².